The number of alkyl carbamates (subject to hydrolysis) is 1. The minimum atomic E-state index is -3.58. The first-order valence-electron chi connectivity index (χ1n) is 15.3. The molecule has 6 rings (SSSR count). The van der Waals surface area contributed by atoms with Crippen LogP contribution in [0.25, 0.3) is 0 Å². The second-order valence-electron chi connectivity index (χ2n) is 12.4. The molecular formula is C33H44NO6PS. The number of ether oxygens (including phenoxy) is 2. The zero-order chi connectivity index (χ0) is 29.6. The predicted molar refractivity (Wildman–Crippen MR) is 166 cm³/mol. The van der Waals surface area contributed by atoms with Gasteiger partial charge in [0.2, 0.25) is 7.37 Å². The molecule has 1 amide bonds. The number of amides is 1. The highest BCUT2D eigenvalue weighted by Gasteiger charge is 2.55. The van der Waals surface area contributed by atoms with Crippen molar-refractivity contribution in [1.29, 1.82) is 0 Å². The van der Waals surface area contributed by atoms with Crippen molar-refractivity contribution in [1.82, 2.24) is 5.32 Å². The van der Waals surface area contributed by atoms with E-state index in [1.807, 2.05) is 48.5 Å². The number of benzene rings is 2. The maximum atomic E-state index is 15.1. The summed E-state index contributed by atoms with van der Waals surface area (Å²) in [6.45, 7) is 3.87. The molecule has 4 aliphatic carbocycles. The van der Waals surface area contributed by atoms with E-state index >= 15 is 4.57 Å². The van der Waals surface area contributed by atoms with Crippen molar-refractivity contribution in [3.63, 3.8) is 0 Å². The molecule has 3 atom stereocenters. The van der Waals surface area contributed by atoms with Crippen LogP contribution in [0, 0.1) is 23.7 Å². The molecule has 228 valence electrons. The van der Waals surface area contributed by atoms with Crippen molar-refractivity contribution in [3.05, 3.63) is 71.8 Å². The standard InChI is InChI=1S/C33H44NO6PS/c1-3-38-31(35)30(23-42-22-26-12-8-5-9-13-26)21-41(37,24(2)34-32(36)39-20-25-10-6-4-7-11-25)40-33-17-27-14-28(18-33)16-29(15-27)19-33/h4-13,24,27-30H,3,14-23H2,1-2H3,(H,34,36). The van der Waals surface area contributed by atoms with Crippen LogP contribution in [0.15, 0.2) is 60.7 Å². The van der Waals surface area contributed by atoms with E-state index < -0.39 is 30.8 Å². The molecule has 0 aliphatic heterocycles. The fourth-order valence-corrected chi connectivity index (χ4v) is 11.3. The molecule has 0 saturated heterocycles. The summed E-state index contributed by atoms with van der Waals surface area (Å²) >= 11 is 1.62. The molecule has 4 fully saturated rings. The quantitative estimate of drug-likeness (QED) is 0.173. The van der Waals surface area contributed by atoms with Gasteiger partial charge in [-0.1, -0.05) is 60.7 Å². The lowest BCUT2D eigenvalue weighted by atomic mass is 9.54. The van der Waals surface area contributed by atoms with Crippen LogP contribution in [-0.2, 0) is 35.7 Å². The number of hydrogen-bond acceptors (Lipinski definition) is 7. The Labute approximate surface area is 254 Å². The number of esters is 1. The van der Waals surface area contributed by atoms with Crippen LogP contribution in [0.2, 0.25) is 0 Å². The molecular weight excluding hydrogens is 569 g/mol. The van der Waals surface area contributed by atoms with Crippen LogP contribution < -0.4 is 5.32 Å². The largest absolute Gasteiger partial charge is 0.466 e. The highest BCUT2D eigenvalue weighted by molar-refractivity contribution is 7.98. The van der Waals surface area contributed by atoms with Crippen LogP contribution in [-0.4, -0.2) is 42.0 Å². The second kappa shape index (κ2) is 14.0. The fraction of sp³-hybridized carbons (Fsp3) is 0.576. The third-order valence-corrected chi connectivity index (χ3v) is 13.1. The van der Waals surface area contributed by atoms with E-state index in [0.717, 1.165) is 36.1 Å². The summed E-state index contributed by atoms with van der Waals surface area (Å²) < 4.78 is 32.8. The van der Waals surface area contributed by atoms with Crippen LogP contribution in [0.3, 0.4) is 0 Å². The van der Waals surface area contributed by atoms with Crippen molar-refractivity contribution in [3.8, 4) is 0 Å². The number of carbonyl (C=O) groups is 2. The van der Waals surface area contributed by atoms with E-state index in [0.29, 0.717) is 23.5 Å². The number of thioether (sulfide) groups is 1. The zero-order valence-electron chi connectivity index (χ0n) is 24.7. The molecule has 2 aromatic rings. The van der Waals surface area contributed by atoms with E-state index in [9.17, 15) is 9.59 Å². The van der Waals surface area contributed by atoms with Crippen LogP contribution in [0.5, 0.6) is 0 Å². The van der Waals surface area contributed by atoms with Crippen molar-refractivity contribution in [2.45, 2.75) is 76.1 Å². The average molecular weight is 614 g/mol. The molecule has 0 heterocycles. The molecule has 2 aromatic carbocycles. The Kier molecular flexibility index (Phi) is 10.4. The first kappa shape index (κ1) is 31.2. The summed E-state index contributed by atoms with van der Waals surface area (Å²) in [5.74, 6) is 1.19. The molecule has 7 nitrogen and oxygen atoms in total. The second-order valence-corrected chi connectivity index (χ2v) is 16.2. The zero-order valence-corrected chi connectivity index (χ0v) is 26.5. The van der Waals surface area contributed by atoms with Gasteiger partial charge in [0.05, 0.1) is 18.1 Å². The summed E-state index contributed by atoms with van der Waals surface area (Å²) in [6, 6.07) is 19.5. The maximum absolute atomic E-state index is 15.1. The Balaban J connectivity index is 1.32. The van der Waals surface area contributed by atoms with Gasteiger partial charge in [0.15, 0.2) is 0 Å². The Bertz CT molecular complexity index is 1210. The number of nitrogens with one attached hydrogen (secondary N) is 1. The monoisotopic (exact) mass is 613 g/mol. The van der Waals surface area contributed by atoms with Gasteiger partial charge in [-0.15, -0.1) is 0 Å². The summed E-state index contributed by atoms with van der Waals surface area (Å²) in [5.41, 5.74) is 1.57. The smallest absolute Gasteiger partial charge is 0.408 e. The van der Waals surface area contributed by atoms with E-state index in [1.54, 1.807) is 25.6 Å². The van der Waals surface area contributed by atoms with Gasteiger partial charge in [-0.2, -0.15) is 11.8 Å². The van der Waals surface area contributed by atoms with E-state index in [4.69, 9.17) is 14.0 Å². The number of hydrogen-bond donors (Lipinski definition) is 1. The molecule has 0 aromatic heterocycles. The van der Waals surface area contributed by atoms with Crippen molar-refractivity contribution in [2.24, 2.45) is 23.7 Å². The molecule has 1 N–H and O–H groups in total. The van der Waals surface area contributed by atoms with E-state index in [2.05, 4.69) is 17.4 Å². The average Bonchev–Trinajstić information content (AvgIpc) is 2.96. The highest BCUT2D eigenvalue weighted by atomic mass is 32.2. The lowest BCUT2D eigenvalue weighted by Crippen LogP contribution is -2.52. The number of rotatable bonds is 14. The minimum Gasteiger partial charge on any atom is -0.466 e. The molecule has 0 spiro atoms. The van der Waals surface area contributed by atoms with Gasteiger partial charge in [0.25, 0.3) is 0 Å². The van der Waals surface area contributed by atoms with Crippen molar-refractivity contribution < 1.29 is 28.2 Å². The van der Waals surface area contributed by atoms with Crippen molar-refractivity contribution >= 4 is 31.2 Å². The summed E-state index contributed by atoms with van der Waals surface area (Å²) in [6.07, 6.45) is 5.78. The van der Waals surface area contributed by atoms with Crippen LogP contribution >= 0.6 is 19.1 Å². The summed E-state index contributed by atoms with van der Waals surface area (Å²) in [7, 11) is -3.58. The van der Waals surface area contributed by atoms with E-state index in [-0.39, 0.29) is 25.3 Å². The number of carbonyl (C=O) groups excluding carboxylic acids is 2. The van der Waals surface area contributed by atoms with Crippen LogP contribution in [0.4, 0.5) is 4.79 Å². The Morgan fingerprint density at radius 3 is 2.07 bits per heavy atom. The third kappa shape index (κ3) is 8.00. The van der Waals surface area contributed by atoms with Gasteiger partial charge in [-0.25, -0.2) is 4.79 Å². The molecule has 4 aliphatic rings. The molecule has 4 saturated carbocycles. The van der Waals surface area contributed by atoms with Gasteiger partial charge >= 0.3 is 12.1 Å². The Morgan fingerprint density at radius 2 is 1.50 bits per heavy atom. The predicted octanol–water partition coefficient (Wildman–Crippen LogP) is 7.64. The summed E-state index contributed by atoms with van der Waals surface area (Å²) in [5, 5.41) is 2.82. The Morgan fingerprint density at radius 1 is 0.929 bits per heavy atom. The lowest BCUT2D eigenvalue weighted by Gasteiger charge is -2.57. The minimum absolute atomic E-state index is 0.0233. The molecule has 9 heteroatoms. The normalized spacial score (nSPS) is 27.0. The fourth-order valence-electron chi connectivity index (χ4n) is 7.43. The Hall–Kier alpha value is -2.28. The molecule has 4 bridgehead atoms. The SMILES string of the molecule is CCOC(=O)C(CSCc1ccccc1)CP(=O)(OC12CC3CC(CC(C3)C1)C2)C(C)NC(=O)OCc1ccccc1. The first-order chi connectivity index (χ1) is 20.3. The maximum Gasteiger partial charge on any atom is 0.408 e. The van der Waals surface area contributed by atoms with Gasteiger partial charge in [0.1, 0.15) is 12.4 Å². The molecule has 42 heavy (non-hydrogen) atoms. The topological polar surface area (TPSA) is 90.9 Å². The lowest BCUT2D eigenvalue weighted by molar-refractivity contribution is -0.146. The van der Waals surface area contributed by atoms with Gasteiger partial charge in [-0.05, 0) is 81.3 Å². The molecule has 3 unspecified atom stereocenters. The first-order valence-corrected chi connectivity index (χ1v) is 18.3. The van der Waals surface area contributed by atoms with Gasteiger partial charge in [0, 0.05) is 17.7 Å². The van der Waals surface area contributed by atoms with Gasteiger partial charge < -0.3 is 19.3 Å². The van der Waals surface area contributed by atoms with Crippen molar-refractivity contribution in [2.75, 3.05) is 18.5 Å². The van der Waals surface area contributed by atoms with Gasteiger partial charge in [-0.3, -0.25) is 9.36 Å². The highest BCUT2D eigenvalue weighted by Crippen LogP contribution is 2.64. The van der Waals surface area contributed by atoms with Crippen LogP contribution in [0.1, 0.15) is 63.5 Å². The third-order valence-electron chi connectivity index (χ3n) is 8.99. The van der Waals surface area contributed by atoms with E-state index in [1.165, 1.54) is 19.3 Å². The summed E-state index contributed by atoms with van der Waals surface area (Å²) in [4.78, 5) is 26.1. The molecule has 0 radical (unpaired) electrons.